The second-order valence-electron chi connectivity index (χ2n) is 4.16. The Bertz CT molecular complexity index is 443. The van der Waals surface area contributed by atoms with E-state index in [1.165, 1.54) is 18.7 Å². The number of piperidine rings is 1. The molecule has 2 rings (SSSR count). The third kappa shape index (κ3) is 3.94. The first-order chi connectivity index (χ1) is 8.16. The van der Waals surface area contributed by atoms with E-state index in [9.17, 15) is 8.42 Å². The van der Waals surface area contributed by atoms with Crippen LogP contribution in [-0.4, -0.2) is 36.7 Å². The van der Waals surface area contributed by atoms with E-state index in [0.717, 1.165) is 25.8 Å². The summed E-state index contributed by atoms with van der Waals surface area (Å²) in [6.45, 7) is 0.897. The van der Waals surface area contributed by atoms with Crippen molar-refractivity contribution >= 4 is 15.7 Å². The molecule has 2 heterocycles. The fourth-order valence-corrected chi connectivity index (χ4v) is 3.27. The average Bonchev–Trinajstić information content (AvgIpc) is 2.30. The Morgan fingerprint density at radius 3 is 2.76 bits per heavy atom. The molecule has 2 N–H and O–H groups in total. The van der Waals surface area contributed by atoms with Gasteiger partial charge in [-0.2, -0.15) is 0 Å². The highest BCUT2D eigenvalue weighted by Gasteiger charge is 2.20. The van der Waals surface area contributed by atoms with Crippen molar-refractivity contribution in [1.82, 2.24) is 15.3 Å². The van der Waals surface area contributed by atoms with Gasteiger partial charge >= 0.3 is 0 Å². The summed E-state index contributed by atoms with van der Waals surface area (Å²) in [6.07, 6.45) is 7.36. The number of hydrogen-bond acceptors (Lipinski definition) is 5. The second-order valence-corrected chi connectivity index (χ2v) is 5.92. The number of sulfonamides is 1. The Morgan fingerprint density at radius 2 is 2.12 bits per heavy atom. The van der Waals surface area contributed by atoms with Gasteiger partial charge in [-0.3, -0.25) is 4.72 Å². The number of anilines is 1. The SMILES string of the molecule is O=S(=O)(CC1CCCCN1)Nc1cncnc1. The first-order valence-corrected chi connectivity index (χ1v) is 7.30. The van der Waals surface area contributed by atoms with E-state index in [0.29, 0.717) is 5.69 Å². The molecular weight excluding hydrogens is 240 g/mol. The fraction of sp³-hybridized carbons (Fsp3) is 0.600. The van der Waals surface area contributed by atoms with E-state index in [1.807, 2.05) is 0 Å². The molecule has 7 heteroatoms. The maximum atomic E-state index is 11.9. The molecule has 1 aliphatic rings. The molecule has 1 aromatic heterocycles. The molecular formula is C10H16N4O2S. The molecule has 1 fully saturated rings. The standard InChI is InChI=1S/C10H16N4O2S/c15-17(16,7-9-3-1-2-4-13-9)14-10-5-11-8-12-6-10/h5-6,8-9,13-14H,1-4,7H2. The van der Waals surface area contributed by atoms with Crippen molar-refractivity contribution < 1.29 is 8.42 Å². The molecule has 1 saturated heterocycles. The molecule has 1 aliphatic heterocycles. The lowest BCUT2D eigenvalue weighted by Gasteiger charge is -2.23. The first kappa shape index (κ1) is 12.3. The van der Waals surface area contributed by atoms with Crippen LogP contribution in [-0.2, 0) is 10.0 Å². The first-order valence-electron chi connectivity index (χ1n) is 5.65. The van der Waals surface area contributed by atoms with Crippen LogP contribution in [0.25, 0.3) is 0 Å². The van der Waals surface area contributed by atoms with Gasteiger partial charge < -0.3 is 5.32 Å². The predicted molar refractivity (Wildman–Crippen MR) is 65.1 cm³/mol. The van der Waals surface area contributed by atoms with Gasteiger partial charge in [-0.05, 0) is 19.4 Å². The average molecular weight is 256 g/mol. The van der Waals surface area contributed by atoms with Crippen molar-refractivity contribution in [3.8, 4) is 0 Å². The van der Waals surface area contributed by atoms with Gasteiger partial charge in [0.2, 0.25) is 10.0 Å². The van der Waals surface area contributed by atoms with Crippen molar-refractivity contribution in [2.75, 3.05) is 17.0 Å². The summed E-state index contributed by atoms with van der Waals surface area (Å²) in [5, 5.41) is 3.21. The maximum absolute atomic E-state index is 11.9. The summed E-state index contributed by atoms with van der Waals surface area (Å²) in [4.78, 5) is 7.52. The Kier molecular flexibility index (Phi) is 3.90. The van der Waals surface area contributed by atoms with Gasteiger partial charge in [-0.25, -0.2) is 18.4 Å². The van der Waals surface area contributed by atoms with Crippen LogP contribution < -0.4 is 10.0 Å². The molecule has 0 spiro atoms. The van der Waals surface area contributed by atoms with E-state index in [4.69, 9.17) is 0 Å². The van der Waals surface area contributed by atoms with E-state index in [2.05, 4.69) is 20.0 Å². The molecule has 0 amide bonds. The molecule has 17 heavy (non-hydrogen) atoms. The molecule has 1 atom stereocenters. The minimum absolute atomic E-state index is 0.0471. The predicted octanol–water partition coefficient (Wildman–Crippen LogP) is 0.360. The smallest absolute Gasteiger partial charge is 0.234 e. The van der Waals surface area contributed by atoms with Crippen LogP contribution in [0.4, 0.5) is 5.69 Å². The minimum Gasteiger partial charge on any atom is -0.313 e. The topological polar surface area (TPSA) is 84.0 Å². The normalized spacial score (nSPS) is 21.1. The lowest BCUT2D eigenvalue weighted by Crippen LogP contribution is -2.40. The zero-order valence-electron chi connectivity index (χ0n) is 9.46. The summed E-state index contributed by atoms with van der Waals surface area (Å²) < 4.78 is 26.2. The second kappa shape index (κ2) is 5.42. The van der Waals surface area contributed by atoms with Crippen LogP contribution in [0.1, 0.15) is 19.3 Å². The van der Waals surface area contributed by atoms with Gasteiger partial charge in [0.15, 0.2) is 0 Å². The summed E-state index contributed by atoms with van der Waals surface area (Å²) in [5.41, 5.74) is 0.406. The molecule has 0 saturated carbocycles. The van der Waals surface area contributed by atoms with Crippen LogP contribution in [0.3, 0.4) is 0 Å². The molecule has 0 bridgehead atoms. The highest BCUT2D eigenvalue weighted by atomic mass is 32.2. The van der Waals surface area contributed by atoms with E-state index in [-0.39, 0.29) is 11.8 Å². The summed E-state index contributed by atoms with van der Waals surface area (Å²) in [7, 11) is -3.33. The number of hydrogen-bond donors (Lipinski definition) is 2. The molecule has 0 aliphatic carbocycles. The van der Waals surface area contributed by atoms with E-state index < -0.39 is 10.0 Å². The zero-order chi connectivity index (χ0) is 12.1. The fourth-order valence-electron chi connectivity index (χ4n) is 1.90. The zero-order valence-corrected chi connectivity index (χ0v) is 10.3. The third-order valence-corrected chi connectivity index (χ3v) is 4.05. The number of nitrogens with one attached hydrogen (secondary N) is 2. The molecule has 6 nitrogen and oxygen atoms in total. The van der Waals surface area contributed by atoms with Gasteiger partial charge in [-0.1, -0.05) is 6.42 Å². The van der Waals surface area contributed by atoms with Gasteiger partial charge in [0, 0.05) is 6.04 Å². The van der Waals surface area contributed by atoms with E-state index in [1.54, 1.807) is 0 Å². The van der Waals surface area contributed by atoms with Crippen LogP contribution in [0.5, 0.6) is 0 Å². The van der Waals surface area contributed by atoms with Crippen LogP contribution in [0.2, 0.25) is 0 Å². The molecule has 94 valence electrons. The van der Waals surface area contributed by atoms with Gasteiger partial charge in [0.1, 0.15) is 6.33 Å². The largest absolute Gasteiger partial charge is 0.313 e. The molecule has 1 aromatic rings. The van der Waals surface area contributed by atoms with Crippen LogP contribution in [0, 0.1) is 0 Å². The number of rotatable bonds is 4. The Morgan fingerprint density at radius 1 is 1.35 bits per heavy atom. The van der Waals surface area contributed by atoms with Crippen molar-refractivity contribution in [1.29, 1.82) is 0 Å². The highest BCUT2D eigenvalue weighted by molar-refractivity contribution is 7.92. The quantitative estimate of drug-likeness (QED) is 0.812. The maximum Gasteiger partial charge on any atom is 0.234 e. The van der Waals surface area contributed by atoms with Gasteiger partial charge in [-0.15, -0.1) is 0 Å². The monoisotopic (exact) mass is 256 g/mol. The summed E-state index contributed by atoms with van der Waals surface area (Å²) in [5.74, 6) is 0.0991. The molecule has 0 radical (unpaired) electrons. The lowest BCUT2D eigenvalue weighted by molar-refractivity contribution is 0.424. The van der Waals surface area contributed by atoms with Crippen molar-refractivity contribution in [2.24, 2.45) is 0 Å². The van der Waals surface area contributed by atoms with Crippen molar-refractivity contribution in [3.05, 3.63) is 18.7 Å². The van der Waals surface area contributed by atoms with Crippen molar-refractivity contribution in [3.63, 3.8) is 0 Å². The van der Waals surface area contributed by atoms with Gasteiger partial charge in [0.05, 0.1) is 23.8 Å². The third-order valence-electron chi connectivity index (χ3n) is 2.67. The minimum atomic E-state index is -3.33. The van der Waals surface area contributed by atoms with Gasteiger partial charge in [0.25, 0.3) is 0 Å². The highest BCUT2D eigenvalue weighted by Crippen LogP contribution is 2.11. The molecule has 0 aromatic carbocycles. The number of nitrogens with zero attached hydrogens (tertiary/aromatic N) is 2. The Hall–Kier alpha value is -1.21. The summed E-state index contributed by atoms with van der Waals surface area (Å²) >= 11 is 0. The van der Waals surface area contributed by atoms with Crippen LogP contribution >= 0.6 is 0 Å². The molecule has 1 unspecified atom stereocenters. The number of aromatic nitrogens is 2. The van der Waals surface area contributed by atoms with Crippen LogP contribution in [0.15, 0.2) is 18.7 Å². The van der Waals surface area contributed by atoms with E-state index >= 15 is 0 Å². The Balaban J connectivity index is 1.94. The summed E-state index contributed by atoms with van der Waals surface area (Å²) in [6, 6.07) is 0.0471. The van der Waals surface area contributed by atoms with Crippen molar-refractivity contribution in [2.45, 2.75) is 25.3 Å². The lowest BCUT2D eigenvalue weighted by atomic mass is 10.1. The Labute approximate surface area is 101 Å².